The van der Waals surface area contributed by atoms with Gasteiger partial charge in [0.2, 0.25) is 5.91 Å². The lowest BCUT2D eigenvalue weighted by molar-refractivity contribution is -0.117. The SMILES string of the molecule is CCN(CC)CCOc1ccccc1NC(=O)C1CC(CC(C)C)NN1. The summed E-state index contributed by atoms with van der Waals surface area (Å²) in [5.74, 6) is 1.30. The summed E-state index contributed by atoms with van der Waals surface area (Å²) in [4.78, 5) is 14.9. The number of hydrazine groups is 1. The smallest absolute Gasteiger partial charge is 0.243 e. The number of amides is 1. The summed E-state index contributed by atoms with van der Waals surface area (Å²) in [6.07, 6.45) is 1.86. The summed E-state index contributed by atoms with van der Waals surface area (Å²) in [5, 5.41) is 3.01. The fraction of sp³-hybridized carbons (Fsp3) is 0.650. The monoisotopic (exact) mass is 362 g/mol. The maximum atomic E-state index is 12.6. The van der Waals surface area contributed by atoms with E-state index in [-0.39, 0.29) is 11.9 Å². The fourth-order valence-corrected chi connectivity index (χ4v) is 3.26. The van der Waals surface area contributed by atoms with Crippen LogP contribution in [-0.4, -0.2) is 49.1 Å². The predicted octanol–water partition coefficient (Wildman–Crippen LogP) is 2.63. The maximum Gasteiger partial charge on any atom is 0.243 e. The summed E-state index contributed by atoms with van der Waals surface area (Å²) >= 11 is 0. The average Bonchev–Trinajstić information content (AvgIpc) is 3.08. The van der Waals surface area contributed by atoms with Gasteiger partial charge in [0, 0.05) is 12.6 Å². The number of ether oxygens (including phenoxy) is 1. The average molecular weight is 363 g/mol. The minimum absolute atomic E-state index is 0.0245. The number of hydrogen-bond donors (Lipinski definition) is 3. The van der Waals surface area contributed by atoms with Crippen molar-refractivity contribution in [3.63, 3.8) is 0 Å². The highest BCUT2D eigenvalue weighted by Crippen LogP contribution is 2.24. The Labute approximate surface area is 157 Å². The van der Waals surface area contributed by atoms with E-state index in [1.165, 1.54) is 0 Å². The third kappa shape index (κ3) is 6.27. The standard InChI is InChI=1S/C20H34N4O2/c1-5-24(6-2)11-12-26-19-10-8-7-9-17(19)21-20(25)18-14-16(22-23-18)13-15(3)4/h7-10,15-16,18,22-23H,5-6,11-14H2,1-4H3,(H,21,25). The summed E-state index contributed by atoms with van der Waals surface area (Å²) in [7, 11) is 0. The molecular formula is C20H34N4O2. The van der Waals surface area contributed by atoms with Gasteiger partial charge in [-0.1, -0.05) is 39.8 Å². The highest BCUT2D eigenvalue weighted by Gasteiger charge is 2.29. The molecule has 0 aromatic heterocycles. The number of nitrogens with zero attached hydrogens (tertiary/aromatic N) is 1. The zero-order chi connectivity index (χ0) is 18.9. The van der Waals surface area contributed by atoms with E-state index in [9.17, 15) is 4.79 Å². The molecule has 1 aliphatic heterocycles. The molecule has 0 saturated carbocycles. The molecule has 1 amide bonds. The van der Waals surface area contributed by atoms with Gasteiger partial charge in [-0.05, 0) is 44.0 Å². The van der Waals surface area contributed by atoms with Crippen LogP contribution in [0.2, 0.25) is 0 Å². The Morgan fingerprint density at radius 2 is 2.00 bits per heavy atom. The summed E-state index contributed by atoms with van der Waals surface area (Å²) in [6.45, 7) is 12.2. The van der Waals surface area contributed by atoms with Crippen molar-refractivity contribution in [2.75, 3.05) is 31.6 Å². The molecule has 1 aromatic carbocycles. The maximum absolute atomic E-state index is 12.6. The summed E-state index contributed by atoms with van der Waals surface area (Å²) in [5.41, 5.74) is 7.07. The van der Waals surface area contributed by atoms with E-state index in [1.807, 2.05) is 24.3 Å². The number of para-hydroxylation sites is 2. The van der Waals surface area contributed by atoms with Crippen LogP contribution in [0.15, 0.2) is 24.3 Å². The number of carbonyl (C=O) groups is 1. The second-order valence-electron chi connectivity index (χ2n) is 7.26. The first-order valence-electron chi connectivity index (χ1n) is 9.79. The molecule has 146 valence electrons. The lowest BCUT2D eigenvalue weighted by atomic mass is 10.00. The molecule has 1 saturated heterocycles. The Bertz CT molecular complexity index is 560. The van der Waals surface area contributed by atoms with Crippen molar-refractivity contribution in [1.29, 1.82) is 0 Å². The molecule has 6 nitrogen and oxygen atoms in total. The van der Waals surface area contributed by atoms with E-state index in [0.717, 1.165) is 43.9 Å². The molecule has 26 heavy (non-hydrogen) atoms. The number of nitrogens with one attached hydrogen (secondary N) is 3. The van der Waals surface area contributed by atoms with Gasteiger partial charge in [-0.3, -0.25) is 10.2 Å². The molecule has 1 fully saturated rings. The van der Waals surface area contributed by atoms with Gasteiger partial charge >= 0.3 is 0 Å². The topological polar surface area (TPSA) is 65.6 Å². The molecule has 3 N–H and O–H groups in total. The molecule has 2 unspecified atom stereocenters. The fourth-order valence-electron chi connectivity index (χ4n) is 3.26. The largest absolute Gasteiger partial charge is 0.490 e. The lowest BCUT2D eigenvalue weighted by Gasteiger charge is -2.19. The Kier molecular flexibility index (Phi) is 8.35. The number of hydrogen-bond acceptors (Lipinski definition) is 5. The lowest BCUT2D eigenvalue weighted by Crippen LogP contribution is -2.40. The number of anilines is 1. The van der Waals surface area contributed by atoms with Gasteiger partial charge in [0.05, 0.1) is 5.69 Å². The molecule has 2 atom stereocenters. The second-order valence-corrected chi connectivity index (χ2v) is 7.26. The van der Waals surface area contributed by atoms with Gasteiger partial charge < -0.3 is 15.0 Å². The molecule has 1 aromatic rings. The van der Waals surface area contributed by atoms with Crippen LogP contribution in [-0.2, 0) is 4.79 Å². The first-order valence-corrected chi connectivity index (χ1v) is 9.79. The van der Waals surface area contributed by atoms with Gasteiger partial charge in [0.1, 0.15) is 18.4 Å². The quantitative estimate of drug-likeness (QED) is 0.597. The van der Waals surface area contributed by atoms with E-state index in [1.54, 1.807) is 0 Å². The van der Waals surface area contributed by atoms with Crippen molar-refractivity contribution < 1.29 is 9.53 Å². The van der Waals surface area contributed by atoms with Crippen LogP contribution in [0.4, 0.5) is 5.69 Å². The normalized spacial score (nSPS) is 19.9. The zero-order valence-corrected chi connectivity index (χ0v) is 16.5. The minimum atomic E-state index is -0.220. The van der Waals surface area contributed by atoms with E-state index in [2.05, 4.69) is 48.8 Å². The van der Waals surface area contributed by atoms with Gasteiger partial charge in [0.15, 0.2) is 0 Å². The van der Waals surface area contributed by atoms with Crippen molar-refractivity contribution in [2.24, 2.45) is 5.92 Å². The molecular weight excluding hydrogens is 328 g/mol. The highest BCUT2D eigenvalue weighted by atomic mass is 16.5. The molecule has 0 bridgehead atoms. The molecule has 0 radical (unpaired) electrons. The van der Waals surface area contributed by atoms with Crippen molar-refractivity contribution in [1.82, 2.24) is 15.8 Å². The number of rotatable bonds is 10. The van der Waals surface area contributed by atoms with E-state index in [0.29, 0.717) is 18.6 Å². The van der Waals surface area contributed by atoms with Crippen LogP contribution in [0.25, 0.3) is 0 Å². The third-order valence-electron chi connectivity index (χ3n) is 4.76. The number of benzene rings is 1. The molecule has 6 heteroatoms. The summed E-state index contributed by atoms with van der Waals surface area (Å²) < 4.78 is 5.92. The Morgan fingerprint density at radius 3 is 2.69 bits per heavy atom. The Morgan fingerprint density at radius 1 is 1.27 bits per heavy atom. The van der Waals surface area contributed by atoms with Crippen molar-refractivity contribution >= 4 is 11.6 Å². The number of carbonyl (C=O) groups excluding carboxylic acids is 1. The number of likely N-dealkylation sites (N-methyl/N-ethyl adjacent to an activating group) is 1. The van der Waals surface area contributed by atoms with Crippen LogP contribution in [0.1, 0.15) is 40.5 Å². The van der Waals surface area contributed by atoms with Crippen LogP contribution >= 0.6 is 0 Å². The van der Waals surface area contributed by atoms with Crippen LogP contribution in [0, 0.1) is 5.92 Å². The second kappa shape index (κ2) is 10.5. The Balaban J connectivity index is 1.88. The molecule has 1 aliphatic rings. The first kappa shape index (κ1) is 20.7. The highest BCUT2D eigenvalue weighted by molar-refractivity contribution is 5.96. The van der Waals surface area contributed by atoms with Crippen molar-refractivity contribution in [3.05, 3.63) is 24.3 Å². The van der Waals surface area contributed by atoms with Crippen LogP contribution in [0.5, 0.6) is 5.75 Å². The summed E-state index contributed by atoms with van der Waals surface area (Å²) in [6, 6.07) is 7.75. The van der Waals surface area contributed by atoms with Crippen molar-refractivity contribution in [2.45, 2.75) is 52.6 Å². The third-order valence-corrected chi connectivity index (χ3v) is 4.76. The van der Waals surface area contributed by atoms with Gasteiger partial charge in [0.25, 0.3) is 0 Å². The van der Waals surface area contributed by atoms with Gasteiger partial charge in [-0.15, -0.1) is 0 Å². The molecule has 1 heterocycles. The minimum Gasteiger partial charge on any atom is -0.490 e. The first-order chi connectivity index (χ1) is 12.5. The molecule has 0 spiro atoms. The molecule has 0 aliphatic carbocycles. The molecule has 2 rings (SSSR count). The van der Waals surface area contributed by atoms with E-state index in [4.69, 9.17) is 4.74 Å². The van der Waals surface area contributed by atoms with Crippen molar-refractivity contribution in [3.8, 4) is 5.75 Å². The van der Waals surface area contributed by atoms with Crippen LogP contribution < -0.4 is 20.9 Å². The predicted molar refractivity (Wildman–Crippen MR) is 106 cm³/mol. The van der Waals surface area contributed by atoms with E-state index < -0.39 is 0 Å². The van der Waals surface area contributed by atoms with Gasteiger partial charge in [-0.25, -0.2) is 5.43 Å². The Hall–Kier alpha value is -1.63. The zero-order valence-electron chi connectivity index (χ0n) is 16.5. The van der Waals surface area contributed by atoms with E-state index >= 15 is 0 Å². The van der Waals surface area contributed by atoms with Crippen LogP contribution in [0.3, 0.4) is 0 Å². The van der Waals surface area contributed by atoms with Gasteiger partial charge in [-0.2, -0.15) is 0 Å².